The van der Waals surface area contributed by atoms with E-state index in [1.165, 1.54) is 18.3 Å². The Morgan fingerprint density at radius 3 is 2.53 bits per heavy atom. The Morgan fingerprint density at radius 1 is 1.47 bits per heavy atom. The van der Waals surface area contributed by atoms with Gasteiger partial charge < -0.3 is 0 Å². The number of pyridine rings is 1. The van der Waals surface area contributed by atoms with Crippen LogP contribution in [0.5, 0.6) is 0 Å². The number of rotatable bonds is 3. The lowest BCUT2D eigenvalue weighted by Gasteiger charge is -2.17. The molecule has 0 saturated carbocycles. The summed E-state index contributed by atoms with van der Waals surface area (Å²) in [6.45, 7) is 8.07. The Morgan fingerprint density at radius 2 is 2.12 bits per heavy atom. The van der Waals surface area contributed by atoms with Crippen LogP contribution in [0.2, 0.25) is 0 Å². The number of anilines is 1. The van der Waals surface area contributed by atoms with E-state index < -0.39 is 4.92 Å². The van der Waals surface area contributed by atoms with Crippen molar-refractivity contribution in [1.29, 1.82) is 0 Å². The normalized spacial score (nSPS) is 12.4. The zero-order chi connectivity index (χ0) is 13.1. The molecule has 1 aromatic rings. The lowest BCUT2D eigenvalue weighted by Crippen LogP contribution is -2.18. The van der Waals surface area contributed by atoms with E-state index in [1.807, 2.05) is 6.92 Å². The van der Waals surface area contributed by atoms with E-state index in [0.717, 1.165) is 5.71 Å². The highest BCUT2D eigenvalue weighted by atomic mass is 16.6. The number of nitro groups is 1. The van der Waals surface area contributed by atoms with Crippen LogP contribution in [0.25, 0.3) is 0 Å². The van der Waals surface area contributed by atoms with Gasteiger partial charge in [-0.15, -0.1) is 0 Å². The number of nitrogens with one attached hydrogen (secondary N) is 1. The van der Waals surface area contributed by atoms with Crippen LogP contribution >= 0.6 is 0 Å². The Balaban J connectivity index is 2.74. The van der Waals surface area contributed by atoms with Crippen LogP contribution in [-0.4, -0.2) is 15.6 Å². The number of hydrogen-bond donors (Lipinski definition) is 1. The summed E-state index contributed by atoms with van der Waals surface area (Å²) >= 11 is 0. The third kappa shape index (κ3) is 3.82. The average molecular weight is 236 g/mol. The first kappa shape index (κ1) is 13.1. The lowest BCUT2D eigenvalue weighted by atomic mass is 9.91. The molecule has 0 aliphatic rings. The largest absolute Gasteiger partial charge is 0.287 e. The highest BCUT2D eigenvalue weighted by Gasteiger charge is 2.14. The third-order valence-electron chi connectivity index (χ3n) is 2.38. The Hall–Kier alpha value is -1.98. The molecule has 92 valence electrons. The van der Waals surface area contributed by atoms with Gasteiger partial charge in [-0.1, -0.05) is 20.8 Å². The van der Waals surface area contributed by atoms with Gasteiger partial charge in [-0.25, -0.2) is 4.98 Å². The fourth-order valence-electron chi connectivity index (χ4n) is 0.869. The third-order valence-corrected chi connectivity index (χ3v) is 2.38. The maximum atomic E-state index is 10.4. The van der Waals surface area contributed by atoms with Gasteiger partial charge in [0.15, 0.2) is 0 Å². The van der Waals surface area contributed by atoms with Gasteiger partial charge in [0.05, 0.1) is 4.92 Å². The van der Waals surface area contributed by atoms with Crippen LogP contribution in [-0.2, 0) is 0 Å². The first-order valence-corrected chi connectivity index (χ1v) is 5.22. The van der Waals surface area contributed by atoms with Crippen molar-refractivity contribution in [2.24, 2.45) is 10.5 Å². The van der Waals surface area contributed by atoms with Crippen molar-refractivity contribution in [3.63, 3.8) is 0 Å². The van der Waals surface area contributed by atoms with Crippen molar-refractivity contribution >= 4 is 17.2 Å². The minimum Gasteiger partial charge on any atom is -0.261 e. The summed E-state index contributed by atoms with van der Waals surface area (Å²) in [7, 11) is 0. The molecule has 0 aliphatic carbocycles. The van der Waals surface area contributed by atoms with Crippen LogP contribution < -0.4 is 5.43 Å². The predicted octanol–water partition coefficient (Wildman–Crippen LogP) is 2.82. The van der Waals surface area contributed by atoms with Crippen LogP contribution in [0.1, 0.15) is 27.7 Å². The van der Waals surface area contributed by atoms with Gasteiger partial charge in [-0.3, -0.25) is 15.5 Å². The van der Waals surface area contributed by atoms with E-state index in [4.69, 9.17) is 0 Å². The molecule has 1 rings (SSSR count). The molecule has 1 heterocycles. The van der Waals surface area contributed by atoms with Gasteiger partial charge in [0.25, 0.3) is 5.69 Å². The molecular formula is C11H16N4O2. The average Bonchev–Trinajstić information content (AvgIpc) is 2.25. The fraction of sp³-hybridized carbons (Fsp3) is 0.455. The molecule has 0 spiro atoms. The number of aromatic nitrogens is 1. The summed E-state index contributed by atoms with van der Waals surface area (Å²) in [6, 6.07) is 2.91. The second-order valence-corrected chi connectivity index (χ2v) is 4.72. The summed E-state index contributed by atoms with van der Waals surface area (Å²) in [5, 5.41) is 14.6. The molecular weight excluding hydrogens is 220 g/mol. The molecule has 0 bridgehead atoms. The topological polar surface area (TPSA) is 80.4 Å². The molecule has 0 amide bonds. The fourth-order valence-corrected chi connectivity index (χ4v) is 0.869. The van der Waals surface area contributed by atoms with Crippen molar-refractivity contribution in [3.8, 4) is 0 Å². The smallest absolute Gasteiger partial charge is 0.261 e. The van der Waals surface area contributed by atoms with Gasteiger partial charge in [-0.05, 0) is 13.0 Å². The second kappa shape index (κ2) is 4.90. The summed E-state index contributed by atoms with van der Waals surface area (Å²) in [4.78, 5) is 13.8. The van der Waals surface area contributed by atoms with Gasteiger partial charge in [0, 0.05) is 17.2 Å². The molecule has 1 N–H and O–H groups in total. The van der Waals surface area contributed by atoms with Crippen molar-refractivity contribution in [1.82, 2.24) is 4.98 Å². The maximum absolute atomic E-state index is 10.4. The molecule has 1 aromatic heterocycles. The minimum absolute atomic E-state index is 0.0201. The lowest BCUT2D eigenvalue weighted by molar-refractivity contribution is -0.385. The van der Waals surface area contributed by atoms with Gasteiger partial charge in [0.2, 0.25) is 0 Å². The van der Waals surface area contributed by atoms with Gasteiger partial charge in [0.1, 0.15) is 12.0 Å². The van der Waals surface area contributed by atoms with E-state index >= 15 is 0 Å². The summed E-state index contributed by atoms with van der Waals surface area (Å²) < 4.78 is 0. The van der Waals surface area contributed by atoms with Crippen molar-refractivity contribution in [2.45, 2.75) is 27.7 Å². The van der Waals surface area contributed by atoms with E-state index in [0.29, 0.717) is 5.82 Å². The molecule has 6 nitrogen and oxygen atoms in total. The zero-order valence-corrected chi connectivity index (χ0v) is 10.4. The molecule has 0 saturated heterocycles. The Kier molecular flexibility index (Phi) is 3.77. The molecule has 17 heavy (non-hydrogen) atoms. The highest BCUT2D eigenvalue weighted by Crippen LogP contribution is 2.16. The predicted molar refractivity (Wildman–Crippen MR) is 67.1 cm³/mol. The molecule has 0 radical (unpaired) electrons. The molecule has 0 aromatic carbocycles. The standard InChI is InChI=1S/C11H16N4O2/c1-8(11(2,3)4)13-14-10-6-5-9(7-12-10)15(16)17/h5-7H,1-4H3,(H,12,14). The maximum Gasteiger partial charge on any atom is 0.287 e. The van der Waals surface area contributed by atoms with Crippen molar-refractivity contribution in [2.75, 3.05) is 5.43 Å². The highest BCUT2D eigenvalue weighted by molar-refractivity contribution is 5.87. The molecule has 0 aliphatic heterocycles. The second-order valence-electron chi connectivity index (χ2n) is 4.72. The van der Waals surface area contributed by atoms with E-state index in [-0.39, 0.29) is 11.1 Å². The van der Waals surface area contributed by atoms with Crippen LogP contribution in [0.4, 0.5) is 11.5 Å². The van der Waals surface area contributed by atoms with Gasteiger partial charge >= 0.3 is 0 Å². The van der Waals surface area contributed by atoms with E-state index in [2.05, 4.69) is 36.3 Å². The molecule has 0 unspecified atom stereocenters. The first-order valence-electron chi connectivity index (χ1n) is 5.22. The summed E-state index contributed by atoms with van der Waals surface area (Å²) in [5.41, 5.74) is 3.64. The van der Waals surface area contributed by atoms with Crippen molar-refractivity contribution in [3.05, 3.63) is 28.4 Å². The summed E-state index contributed by atoms with van der Waals surface area (Å²) in [6.07, 6.45) is 1.20. The number of hydrogen-bond acceptors (Lipinski definition) is 5. The van der Waals surface area contributed by atoms with Crippen LogP contribution in [0.15, 0.2) is 23.4 Å². The Labute approximate surface area is 99.9 Å². The zero-order valence-electron chi connectivity index (χ0n) is 10.4. The number of nitrogens with zero attached hydrogens (tertiary/aromatic N) is 3. The Bertz CT molecular complexity index is 432. The SMILES string of the molecule is CC(=NNc1ccc([N+](=O)[O-])cn1)C(C)(C)C. The molecule has 0 fully saturated rings. The molecule has 0 atom stereocenters. The van der Waals surface area contributed by atoms with E-state index in [9.17, 15) is 10.1 Å². The van der Waals surface area contributed by atoms with Crippen molar-refractivity contribution < 1.29 is 4.92 Å². The summed E-state index contributed by atoms with van der Waals surface area (Å²) in [5.74, 6) is 0.485. The van der Waals surface area contributed by atoms with Crippen LogP contribution in [0.3, 0.4) is 0 Å². The van der Waals surface area contributed by atoms with Crippen LogP contribution in [0, 0.1) is 15.5 Å². The van der Waals surface area contributed by atoms with E-state index in [1.54, 1.807) is 0 Å². The minimum atomic E-state index is -0.486. The quantitative estimate of drug-likeness (QED) is 0.497. The number of hydrazone groups is 1. The molecule has 6 heteroatoms. The first-order chi connectivity index (χ1) is 7.80. The van der Waals surface area contributed by atoms with Gasteiger partial charge in [-0.2, -0.15) is 5.10 Å². The monoisotopic (exact) mass is 236 g/mol.